The zero-order valence-corrected chi connectivity index (χ0v) is 20.0. The fraction of sp³-hybridized carbons (Fsp3) is 0.192. The van der Waals surface area contributed by atoms with Crippen molar-refractivity contribution < 1.29 is 9.59 Å². The Morgan fingerprint density at radius 2 is 1.77 bits per heavy atom. The molecule has 2 aromatic heterocycles. The summed E-state index contributed by atoms with van der Waals surface area (Å²) in [7, 11) is 0. The molecule has 1 aliphatic carbocycles. The van der Waals surface area contributed by atoms with Gasteiger partial charge in [-0.1, -0.05) is 36.0 Å². The summed E-state index contributed by atoms with van der Waals surface area (Å²) in [5.74, 6) is 0.810. The number of carbonyl (C=O) groups excluding carboxylic acids is 2. The summed E-state index contributed by atoms with van der Waals surface area (Å²) in [6.45, 7) is 1.92. The zero-order chi connectivity index (χ0) is 24.2. The Bertz CT molecular complexity index is 1350. The molecule has 2 heterocycles. The Kier molecular flexibility index (Phi) is 6.58. The molecule has 2 amide bonds. The molecule has 1 fully saturated rings. The number of para-hydroxylation sites is 1. The number of pyridine rings is 1. The van der Waals surface area contributed by atoms with Crippen molar-refractivity contribution in [2.24, 2.45) is 5.92 Å². The second-order valence-electron chi connectivity index (χ2n) is 8.34. The Morgan fingerprint density at radius 1 is 1.00 bits per heavy atom. The Labute approximate surface area is 207 Å². The number of carbonyl (C=O) groups is 2. The van der Waals surface area contributed by atoms with Gasteiger partial charge in [0.2, 0.25) is 11.8 Å². The van der Waals surface area contributed by atoms with E-state index in [2.05, 4.69) is 25.8 Å². The first kappa shape index (κ1) is 22.8. The van der Waals surface area contributed by atoms with Crippen LogP contribution in [-0.2, 0) is 9.59 Å². The highest BCUT2D eigenvalue weighted by atomic mass is 32.2. The van der Waals surface area contributed by atoms with Gasteiger partial charge in [-0.25, -0.2) is 0 Å². The summed E-state index contributed by atoms with van der Waals surface area (Å²) in [6.07, 6.45) is 5.30. The Hall–Kier alpha value is -3.98. The highest BCUT2D eigenvalue weighted by Gasteiger charge is 2.29. The maximum atomic E-state index is 12.8. The summed E-state index contributed by atoms with van der Waals surface area (Å²) < 4.78 is 1.94. The molecule has 4 aromatic rings. The average Bonchev–Trinajstić information content (AvgIpc) is 3.65. The van der Waals surface area contributed by atoms with Gasteiger partial charge in [0.1, 0.15) is 0 Å². The molecule has 0 saturated heterocycles. The van der Waals surface area contributed by atoms with Crippen LogP contribution >= 0.6 is 11.8 Å². The van der Waals surface area contributed by atoms with Gasteiger partial charge < -0.3 is 10.6 Å². The Morgan fingerprint density at radius 3 is 2.51 bits per heavy atom. The molecular formula is C26H24N6O2S. The monoisotopic (exact) mass is 484 g/mol. The van der Waals surface area contributed by atoms with Gasteiger partial charge in [0.05, 0.1) is 5.75 Å². The van der Waals surface area contributed by atoms with Crippen LogP contribution < -0.4 is 10.6 Å². The number of anilines is 2. The minimum Gasteiger partial charge on any atom is -0.326 e. The van der Waals surface area contributed by atoms with Gasteiger partial charge in [-0.05, 0) is 61.7 Å². The molecule has 0 radical (unpaired) electrons. The van der Waals surface area contributed by atoms with Crippen LogP contribution in [0.25, 0.3) is 17.1 Å². The minimum atomic E-state index is -0.170. The van der Waals surface area contributed by atoms with Crippen LogP contribution in [-0.4, -0.2) is 37.3 Å². The molecule has 1 saturated carbocycles. The number of nitrogens with zero attached hydrogens (tertiary/aromatic N) is 4. The molecule has 0 atom stereocenters. The number of aromatic nitrogens is 4. The van der Waals surface area contributed by atoms with Gasteiger partial charge in [0.15, 0.2) is 11.0 Å². The number of hydrogen-bond acceptors (Lipinski definition) is 6. The van der Waals surface area contributed by atoms with Crippen LogP contribution in [0.2, 0.25) is 0 Å². The van der Waals surface area contributed by atoms with Crippen LogP contribution in [0.15, 0.2) is 78.2 Å². The van der Waals surface area contributed by atoms with Gasteiger partial charge in [-0.2, -0.15) is 0 Å². The predicted molar refractivity (Wildman–Crippen MR) is 136 cm³/mol. The number of amides is 2. The molecule has 1 aliphatic rings. The quantitative estimate of drug-likeness (QED) is 0.351. The van der Waals surface area contributed by atoms with Crippen molar-refractivity contribution in [3.8, 4) is 17.1 Å². The largest absolute Gasteiger partial charge is 0.326 e. The van der Waals surface area contributed by atoms with E-state index >= 15 is 0 Å². The lowest BCUT2D eigenvalue weighted by Gasteiger charge is -2.12. The molecule has 9 heteroatoms. The average molecular weight is 485 g/mol. The third kappa shape index (κ3) is 5.41. The molecule has 5 rings (SSSR count). The fourth-order valence-corrected chi connectivity index (χ4v) is 4.35. The van der Waals surface area contributed by atoms with Crippen LogP contribution in [0.4, 0.5) is 11.4 Å². The summed E-state index contributed by atoms with van der Waals surface area (Å²) in [6, 6.07) is 19.1. The molecule has 176 valence electrons. The van der Waals surface area contributed by atoms with Crippen molar-refractivity contribution in [1.82, 2.24) is 19.7 Å². The highest BCUT2D eigenvalue weighted by molar-refractivity contribution is 7.99. The number of nitrogens with one attached hydrogen (secondary N) is 2. The van der Waals surface area contributed by atoms with E-state index in [0.717, 1.165) is 29.7 Å². The number of benzene rings is 2. The van der Waals surface area contributed by atoms with E-state index < -0.39 is 0 Å². The summed E-state index contributed by atoms with van der Waals surface area (Å²) in [5.41, 5.74) is 4.06. The summed E-state index contributed by atoms with van der Waals surface area (Å²) >= 11 is 1.31. The number of thioether (sulfide) groups is 1. The van der Waals surface area contributed by atoms with E-state index in [9.17, 15) is 9.59 Å². The van der Waals surface area contributed by atoms with E-state index in [1.54, 1.807) is 18.5 Å². The van der Waals surface area contributed by atoms with E-state index in [4.69, 9.17) is 0 Å². The van der Waals surface area contributed by atoms with Crippen LogP contribution in [0, 0.1) is 12.8 Å². The molecule has 0 spiro atoms. The van der Waals surface area contributed by atoms with Crippen LogP contribution in [0.1, 0.15) is 18.4 Å². The van der Waals surface area contributed by atoms with Gasteiger partial charge in [0.25, 0.3) is 0 Å². The number of rotatable bonds is 8. The van der Waals surface area contributed by atoms with Crippen LogP contribution in [0.5, 0.6) is 0 Å². The van der Waals surface area contributed by atoms with Crippen molar-refractivity contribution in [2.75, 3.05) is 16.4 Å². The van der Waals surface area contributed by atoms with Crippen molar-refractivity contribution in [3.05, 3.63) is 78.6 Å². The lowest BCUT2D eigenvalue weighted by Crippen LogP contribution is -2.17. The van der Waals surface area contributed by atoms with Gasteiger partial charge in [-0.15, -0.1) is 10.2 Å². The summed E-state index contributed by atoms with van der Waals surface area (Å²) in [4.78, 5) is 29.0. The van der Waals surface area contributed by atoms with Crippen molar-refractivity contribution >= 4 is 35.0 Å². The zero-order valence-electron chi connectivity index (χ0n) is 19.1. The molecule has 0 aliphatic heterocycles. The standard InChI is InChI=1S/C26H24N6O2S/c1-17-7-10-20(28-25(34)19-8-9-19)15-22(17)29-23(33)16-35-26-31-30-24(18-11-13-27-14-12-18)32(26)21-5-3-2-4-6-21/h2-7,10-15,19H,8-9,16H2,1H3,(H,28,34)(H,29,33). The molecule has 35 heavy (non-hydrogen) atoms. The molecule has 2 N–H and O–H groups in total. The van der Waals surface area contributed by atoms with Crippen LogP contribution in [0.3, 0.4) is 0 Å². The molecular weight excluding hydrogens is 460 g/mol. The first-order valence-electron chi connectivity index (χ1n) is 11.3. The van der Waals surface area contributed by atoms with Gasteiger partial charge in [0, 0.05) is 40.9 Å². The second kappa shape index (κ2) is 10.1. The lowest BCUT2D eigenvalue weighted by atomic mass is 10.1. The number of hydrogen-bond donors (Lipinski definition) is 2. The van der Waals surface area contributed by atoms with E-state index in [-0.39, 0.29) is 23.5 Å². The lowest BCUT2D eigenvalue weighted by molar-refractivity contribution is -0.117. The van der Waals surface area contributed by atoms with Gasteiger partial charge in [-0.3, -0.25) is 19.1 Å². The van der Waals surface area contributed by atoms with E-state index in [0.29, 0.717) is 22.4 Å². The van der Waals surface area contributed by atoms with E-state index in [1.807, 2.05) is 66.1 Å². The first-order valence-corrected chi connectivity index (χ1v) is 12.3. The normalized spacial score (nSPS) is 12.8. The molecule has 0 unspecified atom stereocenters. The molecule has 0 bridgehead atoms. The third-order valence-electron chi connectivity index (χ3n) is 5.65. The number of aryl methyl sites for hydroxylation is 1. The van der Waals surface area contributed by atoms with Gasteiger partial charge >= 0.3 is 0 Å². The third-order valence-corrected chi connectivity index (χ3v) is 6.57. The Balaban J connectivity index is 1.31. The van der Waals surface area contributed by atoms with Crippen molar-refractivity contribution in [2.45, 2.75) is 24.9 Å². The van der Waals surface area contributed by atoms with Crippen molar-refractivity contribution in [1.29, 1.82) is 0 Å². The van der Waals surface area contributed by atoms with Crippen molar-refractivity contribution in [3.63, 3.8) is 0 Å². The minimum absolute atomic E-state index is 0.0342. The van der Waals surface area contributed by atoms with E-state index in [1.165, 1.54) is 11.8 Å². The second-order valence-corrected chi connectivity index (χ2v) is 9.29. The fourth-order valence-electron chi connectivity index (χ4n) is 3.60. The first-order chi connectivity index (χ1) is 17.1. The molecule has 8 nitrogen and oxygen atoms in total. The molecule has 2 aromatic carbocycles. The maximum absolute atomic E-state index is 12.8. The maximum Gasteiger partial charge on any atom is 0.234 e. The summed E-state index contributed by atoms with van der Waals surface area (Å²) in [5, 5.41) is 15.2. The topological polar surface area (TPSA) is 102 Å². The highest BCUT2D eigenvalue weighted by Crippen LogP contribution is 2.31. The smallest absolute Gasteiger partial charge is 0.234 e. The SMILES string of the molecule is Cc1ccc(NC(=O)C2CC2)cc1NC(=O)CSc1nnc(-c2ccncc2)n1-c1ccccc1. The predicted octanol–water partition coefficient (Wildman–Crippen LogP) is 4.72.